The predicted molar refractivity (Wildman–Crippen MR) is 52.5 cm³/mol. The van der Waals surface area contributed by atoms with E-state index in [0.29, 0.717) is 6.61 Å². The Bertz CT molecular complexity index is 146. The Kier molecular flexibility index (Phi) is 3.64. The van der Waals surface area contributed by atoms with Crippen LogP contribution in [0.4, 0.5) is 0 Å². The molecule has 1 aliphatic heterocycles. The first-order valence-electron chi connectivity index (χ1n) is 4.21. The SMILES string of the molecule is CCO[Si]1(C)O[SiH](C)O[SiH](C)O1. The van der Waals surface area contributed by atoms with Crippen LogP contribution in [0.3, 0.4) is 0 Å². The van der Waals surface area contributed by atoms with E-state index in [1.807, 2.05) is 26.6 Å². The van der Waals surface area contributed by atoms with Crippen molar-refractivity contribution >= 4 is 27.4 Å². The van der Waals surface area contributed by atoms with E-state index in [1.165, 1.54) is 0 Å². The standard InChI is InChI=1S/C5H16O4Si3/c1-5-6-12(4)8-10(2)7-11(3)9-12/h10-11H,5H2,1-4H3. The molecule has 1 heterocycles. The Labute approximate surface area is 77.8 Å². The molecule has 72 valence electrons. The highest BCUT2D eigenvalue weighted by atomic mass is 28.5. The minimum Gasteiger partial charge on any atom is -0.420 e. The highest BCUT2D eigenvalue weighted by Crippen LogP contribution is 2.18. The Morgan fingerprint density at radius 2 is 1.75 bits per heavy atom. The van der Waals surface area contributed by atoms with E-state index in [1.54, 1.807) is 0 Å². The van der Waals surface area contributed by atoms with Crippen LogP contribution in [-0.4, -0.2) is 34.0 Å². The molecule has 2 unspecified atom stereocenters. The van der Waals surface area contributed by atoms with E-state index >= 15 is 0 Å². The molecule has 0 aromatic heterocycles. The molecule has 0 aliphatic carbocycles. The molecule has 0 aromatic rings. The predicted octanol–water partition coefficient (Wildman–Crippen LogP) is 0.356. The van der Waals surface area contributed by atoms with Gasteiger partial charge in [0.05, 0.1) is 0 Å². The first kappa shape index (κ1) is 10.6. The van der Waals surface area contributed by atoms with E-state index < -0.39 is 27.4 Å². The second kappa shape index (κ2) is 4.13. The molecule has 2 atom stereocenters. The summed E-state index contributed by atoms with van der Waals surface area (Å²) >= 11 is 0. The number of hydrogen-bond acceptors (Lipinski definition) is 4. The highest BCUT2D eigenvalue weighted by Gasteiger charge is 2.43. The van der Waals surface area contributed by atoms with Gasteiger partial charge < -0.3 is 16.8 Å². The molecule has 12 heavy (non-hydrogen) atoms. The van der Waals surface area contributed by atoms with Crippen molar-refractivity contribution in [3.05, 3.63) is 0 Å². The quantitative estimate of drug-likeness (QED) is 0.635. The molecule has 0 aromatic carbocycles. The molecule has 0 saturated carbocycles. The van der Waals surface area contributed by atoms with Crippen molar-refractivity contribution in [2.24, 2.45) is 0 Å². The minimum atomic E-state index is -2.26. The van der Waals surface area contributed by atoms with Crippen LogP contribution in [-0.2, 0) is 16.8 Å². The van der Waals surface area contributed by atoms with E-state index in [9.17, 15) is 0 Å². The lowest BCUT2D eigenvalue weighted by molar-refractivity contribution is 0.140. The van der Waals surface area contributed by atoms with E-state index in [0.717, 1.165) is 0 Å². The normalized spacial score (nSPS) is 43.0. The van der Waals surface area contributed by atoms with Gasteiger partial charge in [0.15, 0.2) is 0 Å². The fourth-order valence-corrected chi connectivity index (χ4v) is 11.5. The largest absolute Gasteiger partial charge is 0.479 e. The molecule has 4 nitrogen and oxygen atoms in total. The lowest BCUT2D eigenvalue weighted by Gasteiger charge is -2.36. The molecule has 7 heteroatoms. The van der Waals surface area contributed by atoms with Crippen LogP contribution in [0.5, 0.6) is 0 Å². The third-order valence-corrected chi connectivity index (χ3v) is 11.5. The molecule has 0 radical (unpaired) electrons. The summed E-state index contributed by atoms with van der Waals surface area (Å²) in [5.74, 6) is 0. The van der Waals surface area contributed by atoms with Gasteiger partial charge in [0.25, 0.3) is 0 Å². The second-order valence-corrected chi connectivity index (χ2v) is 10.1. The molecule has 1 rings (SSSR count). The fourth-order valence-electron chi connectivity index (χ4n) is 1.29. The van der Waals surface area contributed by atoms with Gasteiger partial charge in [-0.15, -0.1) is 0 Å². The van der Waals surface area contributed by atoms with Crippen molar-refractivity contribution in [3.8, 4) is 0 Å². The van der Waals surface area contributed by atoms with Crippen molar-refractivity contribution < 1.29 is 16.8 Å². The summed E-state index contributed by atoms with van der Waals surface area (Å²) in [6.07, 6.45) is 0. The summed E-state index contributed by atoms with van der Waals surface area (Å²) in [7, 11) is -5.14. The van der Waals surface area contributed by atoms with Gasteiger partial charge in [-0.1, -0.05) is 0 Å². The van der Waals surface area contributed by atoms with Crippen LogP contribution in [0.2, 0.25) is 19.6 Å². The third kappa shape index (κ3) is 2.76. The molecule has 1 fully saturated rings. The summed E-state index contributed by atoms with van der Waals surface area (Å²) in [4.78, 5) is 0. The van der Waals surface area contributed by atoms with Crippen LogP contribution in [0.25, 0.3) is 0 Å². The zero-order valence-corrected chi connectivity index (χ0v) is 11.3. The molecule has 1 saturated heterocycles. The van der Waals surface area contributed by atoms with Crippen molar-refractivity contribution in [3.63, 3.8) is 0 Å². The summed E-state index contributed by atoms with van der Waals surface area (Å²) in [5, 5.41) is 0. The zero-order valence-electron chi connectivity index (χ0n) is 7.99. The maximum atomic E-state index is 5.63. The zero-order chi connectivity index (χ0) is 9.19. The molecule has 1 aliphatic rings. The Hall–Kier alpha value is 0.491. The van der Waals surface area contributed by atoms with Gasteiger partial charge in [0.1, 0.15) is 0 Å². The topological polar surface area (TPSA) is 36.9 Å². The van der Waals surface area contributed by atoms with Crippen LogP contribution in [0.15, 0.2) is 0 Å². The summed E-state index contributed by atoms with van der Waals surface area (Å²) in [6, 6.07) is 0. The van der Waals surface area contributed by atoms with Crippen LogP contribution in [0, 0.1) is 0 Å². The van der Waals surface area contributed by atoms with Crippen LogP contribution >= 0.6 is 0 Å². The molecular weight excluding hydrogens is 208 g/mol. The van der Waals surface area contributed by atoms with Crippen molar-refractivity contribution in [1.82, 2.24) is 0 Å². The lowest BCUT2D eigenvalue weighted by Crippen LogP contribution is -2.56. The average molecular weight is 224 g/mol. The number of rotatable bonds is 2. The van der Waals surface area contributed by atoms with Gasteiger partial charge in [-0.2, -0.15) is 0 Å². The maximum Gasteiger partial charge on any atom is 0.479 e. The summed E-state index contributed by atoms with van der Waals surface area (Å²) in [6.45, 7) is 8.61. The first-order chi connectivity index (χ1) is 5.56. The van der Waals surface area contributed by atoms with Gasteiger partial charge in [0.2, 0.25) is 0 Å². The summed E-state index contributed by atoms with van der Waals surface area (Å²) < 4.78 is 22.3. The van der Waals surface area contributed by atoms with E-state index in [2.05, 4.69) is 0 Å². The highest BCUT2D eigenvalue weighted by molar-refractivity contribution is 6.78. The second-order valence-electron chi connectivity index (χ2n) is 2.80. The Morgan fingerprint density at radius 3 is 2.17 bits per heavy atom. The van der Waals surface area contributed by atoms with Crippen LogP contribution < -0.4 is 0 Å². The molecule has 0 spiro atoms. The summed E-state index contributed by atoms with van der Waals surface area (Å²) in [5.41, 5.74) is 0. The van der Waals surface area contributed by atoms with Crippen molar-refractivity contribution in [2.75, 3.05) is 6.61 Å². The monoisotopic (exact) mass is 224 g/mol. The smallest absolute Gasteiger partial charge is 0.420 e. The van der Waals surface area contributed by atoms with Gasteiger partial charge in [-0.25, -0.2) is 0 Å². The Balaban J connectivity index is 2.52. The van der Waals surface area contributed by atoms with Gasteiger partial charge in [0, 0.05) is 13.2 Å². The van der Waals surface area contributed by atoms with Crippen LogP contribution in [0.1, 0.15) is 6.92 Å². The lowest BCUT2D eigenvalue weighted by atomic mass is 10.9. The van der Waals surface area contributed by atoms with Crippen molar-refractivity contribution in [2.45, 2.75) is 26.6 Å². The minimum absolute atomic E-state index is 0.658. The van der Waals surface area contributed by atoms with E-state index in [-0.39, 0.29) is 0 Å². The average Bonchev–Trinajstić information content (AvgIpc) is 1.82. The van der Waals surface area contributed by atoms with Gasteiger partial charge in [-0.05, 0) is 20.0 Å². The van der Waals surface area contributed by atoms with Gasteiger partial charge >= 0.3 is 27.4 Å². The Morgan fingerprint density at radius 1 is 1.25 bits per heavy atom. The third-order valence-electron chi connectivity index (χ3n) is 1.55. The fraction of sp³-hybridized carbons (Fsp3) is 1.00. The van der Waals surface area contributed by atoms with Gasteiger partial charge in [-0.3, -0.25) is 0 Å². The maximum absolute atomic E-state index is 5.63. The van der Waals surface area contributed by atoms with E-state index in [4.69, 9.17) is 16.8 Å². The first-order valence-corrected chi connectivity index (χ1v) is 10.6. The molecule has 0 amide bonds. The molecular formula is C5H16O4Si3. The number of hydrogen-bond donors (Lipinski definition) is 0. The van der Waals surface area contributed by atoms with Crippen molar-refractivity contribution in [1.29, 1.82) is 0 Å². The molecule has 0 N–H and O–H groups in total. The molecule has 0 bridgehead atoms.